The number of hydrogen-bond donors (Lipinski definition) is 1. The van der Waals surface area contributed by atoms with E-state index in [1.807, 2.05) is 18.3 Å². The minimum absolute atomic E-state index is 0.916. The Morgan fingerprint density at radius 1 is 1.06 bits per heavy atom. The molecule has 1 N–H and O–H groups in total. The first-order valence-electron chi connectivity index (χ1n) is 5.38. The SMILES string of the molecule is c1ccc(CSc2nccc3[nH]cnc23)cc1. The molecule has 0 aliphatic rings. The number of thioether (sulfide) groups is 1. The molecular formula is C13H11N3S. The van der Waals surface area contributed by atoms with Crippen LogP contribution in [0, 0.1) is 0 Å². The fourth-order valence-corrected chi connectivity index (χ4v) is 2.60. The second-order valence-corrected chi connectivity index (χ2v) is 4.65. The Kier molecular flexibility index (Phi) is 2.80. The minimum atomic E-state index is 0.916. The zero-order valence-electron chi connectivity index (χ0n) is 9.13. The smallest absolute Gasteiger partial charge is 0.124 e. The molecule has 2 heterocycles. The predicted molar refractivity (Wildman–Crippen MR) is 69.9 cm³/mol. The third kappa shape index (κ3) is 2.17. The van der Waals surface area contributed by atoms with Crippen LogP contribution in [0.15, 0.2) is 53.9 Å². The van der Waals surface area contributed by atoms with Crippen LogP contribution >= 0.6 is 11.8 Å². The standard InChI is InChI=1S/C13H11N3S/c1-2-4-10(5-3-1)8-17-13-12-11(6-7-14-13)15-9-16-12/h1-7,9H,8H2,(H,15,16). The topological polar surface area (TPSA) is 41.6 Å². The summed E-state index contributed by atoms with van der Waals surface area (Å²) in [5, 5.41) is 0.979. The van der Waals surface area contributed by atoms with E-state index in [4.69, 9.17) is 0 Å². The minimum Gasteiger partial charge on any atom is -0.344 e. The average Bonchev–Trinajstić information content (AvgIpc) is 2.86. The maximum absolute atomic E-state index is 4.37. The zero-order valence-corrected chi connectivity index (χ0v) is 9.95. The Hall–Kier alpha value is -1.81. The van der Waals surface area contributed by atoms with Gasteiger partial charge in [0, 0.05) is 11.9 Å². The van der Waals surface area contributed by atoms with Gasteiger partial charge in [-0.3, -0.25) is 0 Å². The van der Waals surface area contributed by atoms with Crippen molar-refractivity contribution in [3.8, 4) is 0 Å². The molecule has 3 rings (SSSR count). The molecule has 0 bridgehead atoms. The average molecular weight is 241 g/mol. The summed E-state index contributed by atoms with van der Waals surface area (Å²) in [6.45, 7) is 0. The van der Waals surface area contributed by atoms with Crippen LogP contribution in [0.25, 0.3) is 11.0 Å². The number of nitrogens with zero attached hydrogens (tertiary/aromatic N) is 2. The van der Waals surface area contributed by atoms with Crippen LogP contribution < -0.4 is 0 Å². The number of pyridine rings is 1. The van der Waals surface area contributed by atoms with Gasteiger partial charge in [0.15, 0.2) is 0 Å². The highest BCUT2D eigenvalue weighted by molar-refractivity contribution is 7.98. The Balaban J connectivity index is 1.84. The first-order valence-corrected chi connectivity index (χ1v) is 6.37. The molecule has 84 valence electrons. The monoisotopic (exact) mass is 241 g/mol. The summed E-state index contributed by atoms with van der Waals surface area (Å²) in [6.07, 6.45) is 3.52. The van der Waals surface area contributed by atoms with Gasteiger partial charge in [-0.2, -0.15) is 0 Å². The van der Waals surface area contributed by atoms with Crippen molar-refractivity contribution < 1.29 is 0 Å². The Morgan fingerprint density at radius 3 is 2.82 bits per heavy atom. The number of fused-ring (bicyclic) bond motifs is 1. The number of H-pyrrole nitrogens is 1. The Morgan fingerprint density at radius 2 is 1.94 bits per heavy atom. The van der Waals surface area contributed by atoms with Crippen LogP contribution in [0.2, 0.25) is 0 Å². The molecular weight excluding hydrogens is 230 g/mol. The fraction of sp³-hybridized carbons (Fsp3) is 0.0769. The van der Waals surface area contributed by atoms with Crippen molar-refractivity contribution in [2.24, 2.45) is 0 Å². The summed E-state index contributed by atoms with van der Waals surface area (Å²) in [5.41, 5.74) is 3.29. The first kappa shape index (κ1) is 10.4. The first-order chi connectivity index (χ1) is 8.43. The van der Waals surface area contributed by atoms with E-state index in [2.05, 4.69) is 39.2 Å². The number of hydrogen-bond acceptors (Lipinski definition) is 3. The molecule has 0 fully saturated rings. The van der Waals surface area contributed by atoms with Gasteiger partial charge in [-0.25, -0.2) is 9.97 Å². The van der Waals surface area contributed by atoms with Crippen LogP contribution in [-0.4, -0.2) is 15.0 Å². The third-order valence-corrected chi connectivity index (χ3v) is 3.57. The van der Waals surface area contributed by atoms with Crippen molar-refractivity contribution >= 4 is 22.8 Å². The maximum Gasteiger partial charge on any atom is 0.124 e. The van der Waals surface area contributed by atoms with Crippen LogP contribution in [-0.2, 0) is 5.75 Å². The van der Waals surface area contributed by atoms with Gasteiger partial charge in [-0.1, -0.05) is 42.1 Å². The van der Waals surface area contributed by atoms with E-state index in [9.17, 15) is 0 Å². The third-order valence-electron chi connectivity index (χ3n) is 2.52. The lowest BCUT2D eigenvalue weighted by atomic mass is 10.2. The molecule has 17 heavy (non-hydrogen) atoms. The van der Waals surface area contributed by atoms with E-state index >= 15 is 0 Å². The molecule has 0 spiro atoms. The second kappa shape index (κ2) is 4.59. The van der Waals surface area contributed by atoms with E-state index in [1.54, 1.807) is 18.1 Å². The van der Waals surface area contributed by atoms with Gasteiger partial charge in [0.1, 0.15) is 10.5 Å². The van der Waals surface area contributed by atoms with Gasteiger partial charge in [0.2, 0.25) is 0 Å². The lowest BCUT2D eigenvalue weighted by molar-refractivity contribution is 1.15. The summed E-state index contributed by atoms with van der Waals surface area (Å²) in [6, 6.07) is 12.3. The molecule has 0 saturated heterocycles. The van der Waals surface area contributed by atoms with E-state index in [1.165, 1.54) is 5.56 Å². The summed E-state index contributed by atoms with van der Waals surface area (Å²) in [7, 11) is 0. The fourth-order valence-electron chi connectivity index (χ4n) is 1.67. The van der Waals surface area contributed by atoms with Gasteiger partial charge >= 0.3 is 0 Å². The van der Waals surface area contributed by atoms with Crippen LogP contribution in [0.4, 0.5) is 0 Å². The van der Waals surface area contributed by atoms with Crippen molar-refractivity contribution in [2.75, 3.05) is 0 Å². The van der Waals surface area contributed by atoms with Crippen molar-refractivity contribution in [3.05, 3.63) is 54.5 Å². The van der Waals surface area contributed by atoms with Crippen LogP contribution in [0.5, 0.6) is 0 Å². The molecule has 0 saturated carbocycles. The predicted octanol–water partition coefficient (Wildman–Crippen LogP) is 3.25. The number of rotatable bonds is 3. The highest BCUT2D eigenvalue weighted by atomic mass is 32.2. The molecule has 4 heteroatoms. The molecule has 1 aromatic carbocycles. The van der Waals surface area contributed by atoms with Gasteiger partial charge in [-0.05, 0) is 11.6 Å². The summed E-state index contributed by atoms with van der Waals surface area (Å²) in [4.78, 5) is 11.8. The van der Waals surface area contributed by atoms with E-state index in [0.29, 0.717) is 0 Å². The van der Waals surface area contributed by atoms with Crippen molar-refractivity contribution in [1.29, 1.82) is 0 Å². The number of nitrogens with one attached hydrogen (secondary N) is 1. The van der Waals surface area contributed by atoms with Gasteiger partial charge in [0.25, 0.3) is 0 Å². The Bertz CT molecular complexity index is 619. The highest BCUT2D eigenvalue weighted by Gasteiger charge is 2.05. The maximum atomic E-state index is 4.37. The summed E-state index contributed by atoms with van der Waals surface area (Å²) >= 11 is 1.71. The van der Waals surface area contributed by atoms with Crippen LogP contribution in [0.3, 0.4) is 0 Å². The van der Waals surface area contributed by atoms with Gasteiger partial charge in [0.05, 0.1) is 11.8 Å². The van der Waals surface area contributed by atoms with Crippen molar-refractivity contribution in [3.63, 3.8) is 0 Å². The number of benzene rings is 1. The van der Waals surface area contributed by atoms with E-state index < -0.39 is 0 Å². The Labute approximate surface area is 103 Å². The lowest BCUT2D eigenvalue weighted by Crippen LogP contribution is -1.84. The molecule has 2 aromatic heterocycles. The molecule has 0 aliphatic heterocycles. The van der Waals surface area contributed by atoms with E-state index in [-0.39, 0.29) is 0 Å². The number of aromatic nitrogens is 3. The molecule has 3 nitrogen and oxygen atoms in total. The van der Waals surface area contributed by atoms with Crippen LogP contribution in [0.1, 0.15) is 5.56 Å². The lowest BCUT2D eigenvalue weighted by Gasteiger charge is -2.01. The summed E-state index contributed by atoms with van der Waals surface area (Å²) in [5.74, 6) is 0.916. The summed E-state index contributed by atoms with van der Waals surface area (Å²) < 4.78 is 0. The van der Waals surface area contributed by atoms with Crippen molar-refractivity contribution in [2.45, 2.75) is 10.8 Å². The van der Waals surface area contributed by atoms with Gasteiger partial charge < -0.3 is 4.98 Å². The molecule has 0 radical (unpaired) electrons. The van der Waals surface area contributed by atoms with Crippen molar-refractivity contribution in [1.82, 2.24) is 15.0 Å². The quantitative estimate of drug-likeness (QED) is 0.716. The van der Waals surface area contributed by atoms with E-state index in [0.717, 1.165) is 21.8 Å². The number of imidazole rings is 1. The normalized spacial score (nSPS) is 10.8. The molecule has 0 aliphatic carbocycles. The largest absolute Gasteiger partial charge is 0.344 e. The molecule has 0 atom stereocenters. The molecule has 0 unspecified atom stereocenters. The second-order valence-electron chi connectivity index (χ2n) is 3.69. The zero-order chi connectivity index (χ0) is 11.5. The van der Waals surface area contributed by atoms with Gasteiger partial charge in [-0.15, -0.1) is 0 Å². The number of aromatic amines is 1. The highest BCUT2D eigenvalue weighted by Crippen LogP contribution is 2.25. The molecule has 0 amide bonds. The molecule has 3 aromatic rings.